The number of benzene rings is 2. The van der Waals surface area contributed by atoms with Gasteiger partial charge in [-0.15, -0.1) is 0 Å². The lowest BCUT2D eigenvalue weighted by atomic mass is 9.74. The number of rotatable bonds is 22. The molecular formula is C54H76N2O. The molecule has 0 spiro atoms. The lowest BCUT2D eigenvalue weighted by molar-refractivity contribution is -0.0907. The van der Waals surface area contributed by atoms with Crippen LogP contribution in [0.3, 0.4) is 0 Å². The number of ether oxygens (including phenoxy) is 1. The van der Waals surface area contributed by atoms with Gasteiger partial charge in [0.1, 0.15) is 0 Å². The van der Waals surface area contributed by atoms with Gasteiger partial charge in [-0.1, -0.05) is 191 Å². The molecule has 308 valence electrons. The molecule has 2 aliphatic rings. The van der Waals surface area contributed by atoms with Crippen molar-refractivity contribution in [2.45, 2.75) is 181 Å². The summed E-state index contributed by atoms with van der Waals surface area (Å²) in [5.74, 6) is 2.83. The molecule has 3 nitrogen and oxygen atoms in total. The smallest absolute Gasteiger partial charge is 0.0861 e. The second-order valence-corrected chi connectivity index (χ2v) is 18.1. The number of hydrogen-bond acceptors (Lipinski definition) is 3. The van der Waals surface area contributed by atoms with Crippen LogP contribution in [-0.2, 0) is 17.6 Å². The van der Waals surface area contributed by atoms with Gasteiger partial charge in [0.15, 0.2) is 0 Å². The molecule has 6 rings (SSSR count). The van der Waals surface area contributed by atoms with Crippen LogP contribution < -0.4 is 0 Å². The Hall–Kier alpha value is -3.30. The van der Waals surface area contributed by atoms with Crippen LogP contribution in [0.2, 0.25) is 0 Å². The summed E-state index contributed by atoms with van der Waals surface area (Å²) in [5, 5.41) is 0. The highest BCUT2D eigenvalue weighted by Crippen LogP contribution is 2.47. The lowest BCUT2D eigenvalue weighted by Crippen LogP contribution is -2.28. The largest absolute Gasteiger partial charge is 0.365 e. The fraction of sp³-hybridized carbons (Fsp3) is 0.593. The van der Waals surface area contributed by atoms with Crippen LogP contribution in [0.4, 0.5) is 0 Å². The lowest BCUT2D eigenvalue weighted by Gasteiger charge is -2.40. The molecule has 0 aliphatic heterocycles. The van der Waals surface area contributed by atoms with E-state index in [2.05, 4.69) is 113 Å². The third-order valence-corrected chi connectivity index (χ3v) is 13.7. The highest BCUT2D eigenvalue weighted by atomic mass is 16.5. The van der Waals surface area contributed by atoms with Crippen molar-refractivity contribution in [2.75, 3.05) is 0 Å². The van der Waals surface area contributed by atoms with Gasteiger partial charge in [-0.05, 0) is 96.6 Å². The molecule has 3 heteroatoms. The maximum Gasteiger partial charge on any atom is 0.0861 e. The Morgan fingerprint density at radius 3 is 1.19 bits per heavy atom. The van der Waals surface area contributed by atoms with Gasteiger partial charge in [-0.3, -0.25) is 9.97 Å². The topological polar surface area (TPSA) is 35.0 Å². The molecule has 0 N–H and O–H groups in total. The minimum Gasteiger partial charge on any atom is -0.365 e. The summed E-state index contributed by atoms with van der Waals surface area (Å²) in [6, 6.07) is 27.6. The van der Waals surface area contributed by atoms with Crippen LogP contribution in [0, 0.1) is 23.7 Å². The predicted octanol–water partition coefficient (Wildman–Crippen LogP) is 16.1. The molecular weight excluding hydrogens is 693 g/mol. The Morgan fingerprint density at radius 2 is 0.860 bits per heavy atom. The molecule has 2 aliphatic carbocycles. The number of aromatic nitrogens is 2. The minimum absolute atomic E-state index is 0.0872. The van der Waals surface area contributed by atoms with Crippen molar-refractivity contribution in [3.05, 3.63) is 107 Å². The van der Waals surface area contributed by atoms with Crippen LogP contribution in [0.15, 0.2) is 85.2 Å². The van der Waals surface area contributed by atoms with Crippen LogP contribution in [-0.4, -0.2) is 9.97 Å². The van der Waals surface area contributed by atoms with Crippen LogP contribution in [0.25, 0.3) is 22.5 Å². The summed E-state index contributed by atoms with van der Waals surface area (Å²) in [4.78, 5) is 9.73. The van der Waals surface area contributed by atoms with E-state index in [0.717, 1.165) is 48.9 Å². The molecule has 2 heterocycles. The SMILES string of the molecule is CCCCCC[C@H]1CC[C@H](C(OC(c2ccc(-c3ccc(CCC)cn3)cc2)[C@H]2CC[C@H](CCCCCC)CC2)c2ccc(-c3ccc(CCC)cn3)cc2)CC1. The molecule has 0 bridgehead atoms. The monoisotopic (exact) mass is 769 g/mol. The fourth-order valence-electron chi connectivity index (χ4n) is 10.1. The molecule has 2 aromatic carbocycles. The van der Waals surface area contributed by atoms with Gasteiger partial charge in [-0.25, -0.2) is 0 Å². The summed E-state index contributed by atoms with van der Waals surface area (Å²) in [6.45, 7) is 9.11. The standard InChI is InChI=1S/C54H76N2O/c1-5-9-11-13-17-41-19-25-47(26-20-41)53(49-33-29-45(30-34-49)51-37-23-43(15-7-3)39-55-51)57-54(48-27-21-42(22-28-48)18-14-12-10-6-2)50-35-31-46(32-36-50)52-38-24-44(16-8-4)40-56-52/h23-24,29-42,47-48,53-54H,5-22,25-28H2,1-4H3/t41-,42-,47-,48-,53?,54?. The van der Waals surface area contributed by atoms with Gasteiger partial charge in [0.25, 0.3) is 0 Å². The van der Waals surface area contributed by atoms with Crippen LogP contribution in [0.1, 0.15) is 191 Å². The van der Waals surface area contributed by atoms with Crippen molar-refractivity contribution < 1.29 is 4.74 Å². The molecule has 0 amide bonds. The van der Waals surface area contributed by atoms with Gasteiger partial charge in [0, 0.05) is 23.5 Å². The summed E-state index contributed by atoms with van der Waals surface area (Å²) in [7, 11) is 0. The quantitative estimate of drug-likeness (QED) is 0.0747. The second-order valence-electron chi connectivity index (χ2n) is 18.1. The first-order chi connectivity index (χ1) is 28.1. The van der Waals surface area contributed by atoms with E-state index in [1.807, 2.05) is 0 Å². The summed E-state index contributed by atoms with van der Waals surface area (Å²) in [5.41, 5.74) is 9.82. The molecule has 2 unspecified atom stereocenters. The average molecular weight is 769 g/mol. The van der Waals surface area contributed by atoms with Crippen LogP contribution in [0.5, 0.6) is 0 Å². The van der Waals surface area contributed by atoms with Crippen molar-refractivity contribution >= 4 is 0 Å². The molecule has 0 radical (unpaired) electrons. The number of hydrogen-bond donors (Lipinski definition) is 0. The highest BCUT2D eigenvalue weighted by Gasteiger charge is 2.36. The first-order valence-electron chi connectivity index (χ1n) is 23.8. The van der Waals surface area contributed by atoms with Gasteiger partial charge in [-0.2, -0.15) is 0 Å². The maximum absolute atomic E-state index is 7.74. The van der Waals surface area contributed by atoms with Crippen molar-refractivity contribution in [3.63, 3.8) is 0 Å². The molecule has 2 fully saturated rings. The van der Waals surface area contributed by atoms with E-state index in [-0.39, 0.29) is 12.2 Å². The Bertz CT molecular complexity index is 1540. The number of aryl methyl sites for hydroxylation is 2. The van der Waals surface area contributed by atoms with E-state index in [1.54, 1.807) is 0 Å². The van der Waals surface area contributed by atoms with E-state index >= 15 is 0 Å². The zero-order chi connectivity index (χ0) is 39.7. The van der Waals surface area contributed by atoms with Crippen molar-refractivity contribution in [3.8, 4) is 22.5 Å². The number of nitrogens with zero attached hydrogens (tertiary/aromatic N) is 2. The predicted molar refractivity (Wildman–Crippen MR) is 242 cm³/mol. The van der Waals surface area contributed by atoms with Gasteiger partial charge < -0.3 is 4.74 Å². The second kappa shape index (κ2) is 23.3. The third-order valence-electron chi connectivity index (χ3n) is 13.7. The van der Waals surface area contributed by atoms with E-state index < -0.39 is 0 Å². The first-order valence-corrected chi connectivity index (χ1v) is 23.8. The summed E-state index contributed by atoms with van der Waals surface area (Å²) in [6.07, 6.45) is 33.0. The fourth-order valence-corrected chi connectivity index (χ4v) is 10.1. The Labute approximate surface area is 348 Å². The summed E-state index contributed by atoms with van der Waals surface area (Å²) >= 11 is 0. The number of unbranched alkanes of at least 4 members (excludes halogenated alkanes) is 6. The zero-order valence-electron chi connectivity index (χ0n) is 36.4. The van der Waals surface area contributed by atoms with Crippen molar-refractivity contribution in [1.29, 1.82) is 0 Å². The average Bonchev–Trinajstić information content (AvgIpc) is 3.26. The first kappa shape index (κ1) is 43.3. The number of pyridine rings is 2. The maximum atomic E-state index is 7.74. The van der Waals surface area contributed by atoms with E-state index in [4.69, 9.17) is 14.7 Å². The normalized spacial score (nSPS) is 21.0. The summed E-state index contributed by atoms with van der Waals surface area (Å²) < 4.78 is 7.74. The van der Waals surface area contributed by atoms with E-state index in [9.17, 15) is 0 Å². The van der Waals surface area contributed by atoms with E-state index in [1.165, 1.54) is 149 Å². The third kappa shape index (κ3) is 12.8. The Morgan fingerprint density at radius 1 is 0.456 bits per heavy atom. The molecule has 2 atom stereocenters. The highest BCUT2D eigenvalue weighted by molar-refractivity contribution is 5.60. The molecule has 4 aromatic rings. The minimum atomic E-state index is 0.0872. The Kier molecular flexibility index (Phi) is 17.7. The zero-order valence-corrected chi connectivity index (χ0v) is 36.4. The van der Waals surface area contributed by atoms with Gasteiger partial charge in [0.05, 0.1) is 23.6 Å². The van der Waals surface area contributed by atoms with E-state index in [0.29, 0.717) is 11.8 Å². The van der Waals surface area contributed by atoms with Crippen molar-refractivity contribution in [1.82, 2.24) is 9.97 Å². The van der Waals surface area contributed by atoms with Gasteiger partial charge >= 0.3 is 0 Å². The molecule has 2 aromatic heterocycles. The van der Waals surface area contributed by atoms with Crippen LogP contribution >= 0.6 is 0 Å². The molecule has 57 heavy (non-hydrogen) atoms. The molecule has 2 saturated carbocycles. The van der Waals surface area contributed by atoms with Gasteiger partial charge in [0.2, 0.25) is 0 Å². The molecule has 0 saturated heterocycles. The van der Waals surface area contributed by atoms with Crippen molar-refractivity contribution in [2.24, 2.45) is 23.7 Å². The Balaban J connectivity index is 1.25.